The molecule has 0 saturated heterocycles. The topological polar surface area (TPSA) is 182 Å². The van der Waals surface area contributed by atoms with Crippen molar-refractivity contribution in [1.29, 1.82) is 0 Å². The number of carboxylic acid groups (broad SMARTS) is 2. The Morgan fingerprint density at radius 2 is 1.47 bits per heavy atom. The number of rotatable bonds is 5. The second-order valence-electron chi connectivity index (χ2n) is 7.04. The Labute approximate surface area is 275 Å². The number of Topliss-reactive ketones (excluding diaryl/α,β-unsaturated/α-hetero) is 1. The van der Waals surface area contributed by atoms with Crippen molar-refractivity contribution < 1.29 is 132 Å². The van der Waals surface area contributed by atoms with Crippen molar-refractivity contribution >= 4 is 34.0 Å². The van der Waals surface area contributed by atoms with E-state index in [1.165, 1.54) is 44.2 Å². The van der Waals surface area contributed by atoms with Gasteiger partial charge in [-0.1, -0.05) is 29.2 Å². The number of hydrogen-bond acceptors (Lipinski definition) is 10. The third-order valence-corrected chi connectivity index (χ3v) is 5.64. The summed E-state index contributed by atoms with van der Waals surface area (Å²) < 4.78 is 23.7. The molecule has 1 aliphatic rings. The van der Waals surface area contributed by atoms with Crippen LogP contribution in [0.2, 0.25) is 0 Å². The Bertz CT molecular complexity index is 1360. The number of aromatic carboxylic acids is 1. The summed E-state index contributed by atoms with van der Waals surface area (Å²) in [6.07, 6.45) is 2.42. The van der Waals surface area contributed by atoms with Gasteiger partial charge in [0, 0.05) is 11.1 Å². The van der Waals surface area contributed by atoms with Crippen LogP contribution in [0, 0.1) is 6.92 Å². The van der Waals surface area contributed by atoms with Gasteiger partial charge >= 0.3 is 88.7 Å². The maximum absolute atomic E-state index is 12.2. The van der Waals surface area contributed by atoms with Crippen LogP contribution in [0.15, 0.2) is 70.2 Å². The van der Waals surface area contributed by atoms with Crippen LogP contribution in [-0.2, 0) is 28.7 Å². The molecule has 0 aliphatic heterocycles. The van der Waals surface area contributed by atoms with Gasteiger partial charge in [0.15, 0.2) is 5.78 Å². The molecule has 2 aromatic rings. The number of aliphatic carboxylic acids is 1. The average Bonchev–Trinajstić information content (AvgIpc) is 2.72. The zero-order valence-corrected chi connectivity index (χ0v) is 27.1. The standard InChI is InChI=1S/C23H17O8S.3Na.H2O/c1-11-7-13(9-16(20(11)24)22(26)27)19(15-5-3-4-6-18(15)32(30)31)14-8-12(2)21(25)17(10-14)23(28)29;;;;/h3-10,24H,1-2H3,(H,26,27)(H,28,29);;;;1H2/q-1;3*+1;/p-3/b19-14+;;;;. The van der Waals surface area contributed by atoms with Crippen LogP contribution in [0.4, 0.5) is 0 Å². The van der Waals surface area contributed by atoms with E-state index in [1.54, 1.807) is 6.07 Å². The molecule has 1 aliphatic carbocycles. The van der Waals surface area contributed by atoms with Crippen LogP contribution in [0.3, 0.4) is 0 Å². The average molecular weight is 537 g/mol. The predicted octanol–water partition coefficient (Wildman–Crippen LogP) is -8.43. The molecular formula is C23H16Na3O9S-. The SMILES string of the molecule is CC1=C/C(=C(/c2cc(C)c(O)c(C(=O)[O-])c2)c2ccccc2[S-](=O)=O)C=C(C(=O)[O-])C1=O.[Na+].[Na+].[Na+].[OH-]. The molecule has 0 saturated carbocycles. The summed E-state index contributed by atoms with van der Waals surface area (Å²) in [5.41, 5.74) is -0.343. The molecule has 2 aromatic carbocycles. The van der Waals surface area contributed by atoms with Gasteiger partial charge in [-0.3, -0.25) is 4.79 Å². The van der Waals surface area contributed by atoms with E-state index < -0.39 is 45.3 Å². The molecule has 2 N–H and O–H groups in total. The molecule has 0 amide bonds. The largest absolute Gasteiger partial charge is 1.00 e. The zero-order chi connectivity index (χ0) is 23.7. The quantitative estimate of drug-likeness (QED) is 0.220. The van der Waals surface area contributed by atoms with Gasteiger partial charge in [0.25, 0.3) is 0 Å². The van der Waals surface area contributed by atoms with Gasteiger partial charge < -0.3 is 38.8 Å². The molecule has 9 nitrogen and oxygen atoms in total. The van der Waals surface area contributed by atoms with Crippen LogP contribution in [0.1, 0.15) is 34.0 Å². The molecule has 0 spiro atoms. The minimum Gasteiger partial charge on any atom is -0.870 e. The van der Waals surface area contributed by atoms with Crippen LogP contribution >= 0.6 is 0 Å². The van der Waals surface area contributed by atoms with Crippen LogP contribution in [-0.4, -0.2) is 28.3 Å². The summed E-state index contributed by atoms with van der Waals surface area (Å²) in [5.74, 6) is -4.65. The summed E-state index contributed by atoms with van der Waals surface area (Å²) in [6.45, 7) is 2.83. The molecular weight excluding hydrogens is 521 g/mol. The fourth-order valence-electron chi connectivity index (χ4n) is 3.45. The number of hydrogen-bond donors (Lipinski definition) is 1. The first-order valence-electron chi connectivity index (χ1n) is 9.17. The summed E-state index contributed by atoms with van der Waals surface area (Å²) in [6, 6.07) is 8.32. The van der Waals surface area contributed by atoms with Crippen molar-refractivity contribution in [2.24, 2.45) is 0 Å². The predicted molar refractivity (Wildman–Crippen MR) is 110 cm³/mol. The first kappa shape index (κ1) is 37.1. The van der Waals surface area contributed by atoms with Crippen molar-refractivity contribution in [2.75, 3.05) is 0 Å². The summed E-state index contributed by atoms with van der Waals surface area (Å²) in [4.78, 5) is 35.1. The van der Waals surface area contributed by atoms with E-state index in [1.807, 2.05) is 0 Å². The molecule has 0 heterocycles. The number of benzene rings is 2. The second kappa shape index (κ2) is 15.4. The first-order chi connectivity index (χ1) is 15.0. The maximum atomic E-state index is 12.2. The van der Waals surface area contributed by atoms with Crippen molar-refractivity contribution in [3.8, 4) is 5.75 Å². The Morgan fingerprint density at radius 3 is 2.00 bits per heavy atom. The second-order valence-corrected chi connectivity index (χ2v) is 7.95. The molecule has 13 heteroatoms. The third kappa shape index (κ3) is 7.75. The number of phenols is 1. The molecule has 3 rings (SSSR count). The fraction of sp³-hybridized carbons (Fsp3) is 0.0870. The number of carboxylic acids is 2. The van der Waals surface area contributed by atoms with Gasteiger partial charge in [-0.25, -0.2) is 0 Å². The molecule has 0 unspecified atom stereocenters. The summed E-state index contributed by atoms with van der Waals surface area (Å²) in [7, 11) is -2.70. The van der Waals surface area contributed by atoms with E-state index in [-0.39, 0.29) is 132 Å². The van der Waals surface area contributed by atoms with Crippen LogP contribution < -0.4 is 98.9 Å². The van der Waals surface area contributed by atoms with Gasteiger partial charge in [-0.05, 0) is 82.2 Å². The zero-order valence-electron chi connectivity index (χ0n) is 20.3. The Kier molecular flexibility index (Phi) is 15.9. The van der Waals surface area contributed by atoms with Crippen molar-refractivity contribution in [3.05, 3.63) is 87.5 Å². The van der Waals surface area contributed by atoms with E-state index >= 15 is 0 Å². The Balaban J connectivity index is 0. The molecule has 0 atom stereocenters. The van der Waals surface area contributed by atoms with E-state index in [0.29, 0.717) is 0 Å². The molecule has 0 bridgehead atoms. The molecule has 0 fully saturated rings. The van der Waals surface area contributed by atoms with Gasteiger partial charge in [0.1, 0.15) is 5.75 Å². The van der Waals surface area contributed by atoms with Gasteiger partial charge in [0.05, 0.1) is 11.9 Å². The first-order valence-corrected chi connectivity index (χ1v) is 10.2. The normalized spacial score (nSPS) is 13.6. The number of ketones is 1. The molecule has 0 radical (unpaired) electrons. The number of carbonyl (C=O) groups is 3. The monoisotopic (exact) mass is 537 g/mol. The van der Waals surface area contributed by atoms with E-state index in [4.69, 9.17) is 0 Å². The maximum Gasteiger partial charge on any atom is 1.00 e. The van der Waals surface area contributed by atoms with E-state index in [2.05, 4.69) is 0 Å². The fourth-order valence-corrected chi connectivity index (χ4v) is 3.98. The van der Waals surface area contributed by atoms with Crippen molar-refractivity contribution in [3.63, 3.8) is 0 Å². The number of carbonyl (C=O) groups excluding carboxylic acids is 3. The summed E-state index contributed by atoms with van der Waals surface area (Å²) in [5, 5.41) is 33.1. The Morgan fingerprint density at radius 1 is 0.889 bits per heavy atom. The number of aryl methyl sites for hydroxylation is 1. The molecule has 36 heavy (non-hydrogen) atoms. The number of aromatic hydroxyl groups is 1. The minimum absolute atomic E-state index is 0. The van der Waals surface area contributed by atoms with Crippen molar-refractivity contribution in [2.45, 2.75) is 18.7 Å². The van der Waals surface area contributed by atoms with Crippen LogP contribution in [0.5, 0.6) is 5.75 Å². The summed E-state index contributed by atoms with van der Waals surface area (Å²) >= 11 is 0. The van der Waals surface area contributed by atoms with Gasteiger partial charge in [0.2, 0.25) is 0 Å². The Hall–Kier alpha value is -1.02. The minimum atomic E-state index is -2.70. The van der Waals surface area contributed by atoms with E-state index in [9.17, 15) is 38.1 Å². The van der Waals surface area contributed by atoms with Crippen LogP contribution in [0.25, 0.3) is 5.57 Å². The van der Waals surface area contributed by atoms with Crippen molar-refractivity contribution in [1.82, 2.24) is 0 Å². The smallest absolute Gasteiger partial charge is 0.870 e. The van der Waals surface area contributed by atoms with Gasteiger partial charge in [-0.15, -0.1) is 0 Å². The third-order valence-electron chi connectivity index (χ3n) is 4.93. The molecule has 0 aromatic heterocycles. The van der Waals surface area contributed by atoms with E-state index in [0.717, 1.165) is 12.1 Å². The van der Waals surface area contributed by atoms with Gasteiger partial charge in [-0.2, -0.15) is 0 Å². The molecule has 172 valence electrons. The number of allylic oxidation sites excluding steroid dienone is 4.